The fraction of sp³-hybridized carbons (Fsp3) is 0.182. The quantitative estimate of drug-likeness (QED) is 0.659. The third-order valence-electron chi connectivity index (χ3n) is 4.25. The normalized spacial score (nSPS) is 10.5. The first-order chi connectivity index (χ1) is 11.6. The predicted molar refractivity (Wildman–Crippen MR) is 103 cm³/mol. The Labute approximate surface area is 143 Å². The van der Waals surface area contributed by atoms with Crippen molar-refractivity contribution in [3.63, 3.8) is 0 Å². The number of hydrogen-bond donors (Lipinski definition) is 2. The van der Waals surface area contributed by atoms with Crippen LogP contribution in [0.1, 0.15) is 22.3 Å². The zero-order valence-corrected chi connectivity index (χ0v) is 14.0. The highest BCUT2D eigenvalue weighted by atomic mass is 16.3. The lowest BCUT2D eigenvalue weighted by atomic mass is 9.85. The summed E-state index contributed by atoms with van der Waals surface area (Å²) in [5.41, 5.74) is 3.75. The molecule has 24 heavy (non-hydrogen) atoms. The summed E-state index contributed by atoms with van der Waals surface area (Å²) in [6.07, 6.45) is 9.61. The first-order valence-electron chi connectivity index (χ1n) is 8.04. The third-order valence-corrected chi connectivity index (χ3v) is 4.25. The summed E-state index contributed by atoms with van der Waals surface area (Å²) < 4.78 is 0. The summed E-state index contributed by atoms with van der Waals surface area (Å²) >= 11 is 0. The van der Waals surface area contributed by atoms with Crippen molar-refractivity contribution >= 4 is 10.8 Å². The molecule has 2 N–H and O–H groups in total. The SMILES string of the molecule is C=CCc1c(CC=C)c(CC=C)c2c(CC=C)c(O)ccc2c1O. The number of aromatic hydroxyl groups is 2. The molecule has 0 amide bonds. The van der Waals surface area contributed by atoms with E-state index in [0.29, 0.717) is 25.7 Å². The fourth-order valence-corrected chi connectivity index (χ4v) is 3.29. The van der Waals surface area contributed by atoms with Crippen LogP contribution in [0.4, 0.5) is 0 Å². The highest BCUT2D eigenvalue weighted by Gasteiger charge is 2.20. The molecule has 0 aliphatic heterocycles. The Balaban J connectivity index is 3.04. The molecule has 0 heterocycles. The van der Waals surface area contributed by atoms with E-state index in [0.717, 1.165) is 33.0 Å². The largest absolute Gasteiger partial charge is 0.508 e. The van der Waals surface area contributed by atoms with Crippen molar-refractivity contribution in [2.75, 3.05) is 0 Å². The second kappa shape index (κ2) is 7.69. The maximum atomic E-state index is 10.8. The minimum atomic E-state index is 0.216. The Hall–Kier alpha value is -2.74. The Kier molecular flexibility index (Phi) is 5.64. The molecule has 2 aromatic carbocycles. The summed E-state index contributed by atoms with van der Waals surface area (Å²) in [6.45, 7) is 15.3. The number of phenols is 2. The molecule has 0 saturated heterocycles. The summed E-state index contributed by atoms with van der Waals surface area (Å²) in [6, 6.07) is 3.40. The number of fused-ring (bicyclic) bond motifs is 1. The van der Waals surface area contributed by atoms with Crippen molar-refractivity contribution in [2.24, 2.45) is 0 Å². The van der Waals surface area contributed by atoms with E-state index in [1.165, 1.54) is 0 Å². The monoisotopic (exact) mass is 320 g/mol. The van der Waals surface area contributed by atoms with Crippen molar-refractivity contribution in [3.05, 3.63) is 85.0 Å². The van der Waals surface area contributed by atoms with Crippen molar-refractivity contribution < 1.29 is 10.2 Å². The van der Waals surface area contributed by atoms with E-state index in [-0.39, 0.29) is 11.5 Å². The maximum Gasteiger partial charge on any atom is 0.127 e. The molecule has 2 nitrogen and oxygen atoms in total. The van der Waals surface area contributed by atoms with Gasteiger partial charge in [0.2, 0.25) is 0 Å². The average molecular weight is 320 g/mol. The zero-order chi connectivity index (χ0) is 17.7. The van der Waals surface area contributed by atoms with Gasteiger partial charge in [0.15, 0.2) is 0 Å². The smallest absolute Gasteiger partial charge is 0.127 e. The van der Waals surface area contributed by atoms with Gasteiger partial charge < -0.3 is 10.2 Å². The highest BCUT2D eigenvalue weighted by Crippen LogP contribution is 2.41. The second-order valence-corrected chi connectivity index (χ2v) is 5.74. The first-order valence-corrected chi connectivity index (χ1v) is 8.04. The van der Waals surface area contributed by atoms with Gasteiger partial charge in [0.05, 0.1) is 0 Å². The topological polar surface area (TPSA) is 40.5 Å². The summed E-state index contributed by atoms with van der Waals surface area (Å²) in [5, 5.41) is 22.8. The summed E-state index contributed by atoms with van der Waals surface area (Å²) in [7, 11) is 0. The Bertz CT molecular complexity index is 813. The maximum absolute atomic E-state index is 10.8. The number of allylic oxidation sites excluding steroid dienone is 4. The Morgan fingerprint density at radius 3 is 1.75 bits per heavy atom. The molecule has 0 aromatic heterocycles. The molecule has 2 aromatic rings. The summed E-state index contributed by atoms with van der Waals surface area (Å²) in [5.74, 6) is 0.466. The van der Waals surface area contributed by atoms with Gasteiger partial charge in [-0.05, 0) is 54.3 Å². The van der Waals surface area contributed by atoms with E-state index >= 15 is 0 Å². The van der Waals surface area contributed by atoms with E-state index in [2.05, 4.69) is 26.3 Å². The Morgan fingerprint density at radius 2 is 1.17 bits per heavy atom. The van der Waals surface area contributed by atoms with Gasteiger partial charge >= 0.3 is 0 Å². The van der Waals surface area contributed by atoms with Gasteiger partial charge in [0.25, 0.3) is 0 Å². The molecule has 0 radical (unpaired) electrons. The third kappa shape index (κ3) is 3.00. The fourth-order valence-electron chi connectivity index (χ4n) is 3.29. The second-order valence-electron chi connectivity index (χ2n) is 5.74. The van der Waals surface area contributed by atoms with Gasteiger partial charge in [-0.1, -0.05) is 24.3 Å². The van der Waals surface area contributed by atoms with Crippen molar-refractivity contribution in [1.82, 2.24) is 0 Å². The van der Waals surface area contributed by atoms with Gasteiger partial charge in [0.1, 0.15) is 11.5 Å². The lowest BCUT2D eigenvalue weighted by Crippen LogP contribution is -2.03. The first kappa shape index (κ1) is 17.6. The van der Waals surface area contributed by atoms with E-state index in [1.807, 2.05) is 12.2 Å². The van der Waals surface area contributed by atoms with Crippen LogP contribution >= 0.6 is 0 Å². The van der Waals surface area contributed by atoms with Crippen LogP contribution in [0, 0.1) is 0 Å². The van der Waals surface area contributed by atoms with E-state index in [1.54, 1.807) is 24.3 Å². The number of rotatable bonds is 8. The number of hydrogen-bond acceptors (Lipinski definition) is 2. The average Bonchev–Trinajstić information content (AvgIpc) is 2.57. The van der Waals surface area contributed by atoms with E-state index < -0.39 is 0 Å². The van der Waals surface area contributed by atoms with Crippen molar-refractivity contribution in [2.45, 2.75) is 25.7 Å². The van der Waals surface area contributed by atoms with Crippen LogP contribution in [0.5, 0.6) is 11.5 Å². The minimum Gasteiger partial charge on any atom is -0.508 e. The molecule has 124 valence electrons. The molecule has 0 aliphatic rings. The van der Waals surface area contributed by atoms with Crippen LogP contribution in [0.2, 0.25) is 0 Å². The van der Waals surface area contributed by atoms with Crippen LogP contribution in [0.3, 0.4) is 0 Å². The van der Waals surface area contributed by atoms with E-state index in [9.17, 15) is 10.2 Å². The molecule has 2 rings (SSSR count). The van der Waals surface area contributed by atoms with Crippen LogP contribution in [-0.4, -0.2) is 10.2 Å². The molecule has 0 unspecified atom stereocenters. The van der Waals surface area contributed by atoms with Crippen molar-refractivity contribution in [3.8, 4) is 11.5 Å². The molecular weight excluding hydrogens is 296 g/mol. The lowest BCUT2D eigenvalue weighted by molar-refractivity contribution is 0.469. The van der Waals surface area contributed by atoms with Crippen LogP contribution in [0.15, 0.2) is 62.8 Å². The van der Waals surface area contributed by atoms with Crippen LogP contribution in [-0.2, 0) is 25.7 Å². The number of benzene rings is 2. The highest BCUT2D eigenvalue weighted by molar-refractivity contribution is 5.97. The lowest BCUT2D eigenvalue weighted by Gasteiger charge is -2.20. The van der Waals surface area contributed by atoms with Gasteiger partial charge in [-0.25, -0.2) is 0 Å². The molecule has 0 saturated carbocycles. The predicted octanol–water partition coefficient (Wildman–Crippen LogP) is 5.17. The zero-order valence-electron chi connectivity index (χ0n) is 14.0. The molecule has 2 heteroatoms. The molecule has 0 aliphatic carbocycles. The number of phenolic OH excluding ortho intramolecular Hbond substituents is 2. The molecule has 0 bridgehead atoms. The molecule has 0 atom stereocenters. The van der Waals surface area contributed by atoms with Crippen molar-refractivity contribution in [1.29, 1.82) is 0 Å². The van der Waals surface area contributed by atoms with Crippen LogP contribution in [0.25, 0.3) is 10.8 Å². The minimum absolute atomic E-state index is 0.216. The van der Waals surface area contributed by atoms with Gasteiger partial charge in [-0.3, -0.25) is 0 Å². The van der Waals surface area contributed by atoms with Gasteiger partial charge in [0, 0.05) is 16.5 Å². The van der Waals surface area contributed by atoms with Gasteiger partial charge in [-0.15, -0.1) is 26.3 Å². The molecule has 0 fully saturated rings. The Morgan fingerprint density at radius 1 is 0.667 bits per heavy atom. The molecule has 0 spiro atoms. The van der Waals surface area contributed by atoms with E-state index in [4.69, 9.17) is 0 Å². The molecular formula is C22H24O2. The standard InChI is InChI=1S/C22H24O2/c1-5-9-15-16(10-6-2)21-18(12-8-4)20(23)14-13-19(21)22(24)17(15)11-7-3/h5-8,13-14,23-24H,1-4,9-12H2. The van der Waals surface area contributed by atoms with Gasteiger partial charge in [-0.2, -0.15) is 0 Å². The summed E-state index contributed by atoms with van der Waals surface area (Å²) in [4.78, 5) is 0. The van der Waals surface area contributed by atoms with Crippen LogP contribution < -0.4 is 0 Å².